The Hall–Kier alpha value is -3.90. The average Bonchev–Trinajstić information content (AvgIpc) is 2.82. The highest BCUT2D eigenvalue weighted by atomic mass is 32.2. The van der Waals surface area contributed by atoms with Crippen molar-refractivity contribution in [3.05, 3.63) is 78.4 Å². The molecule has 0 bridgehead atoms. The summed E-state index contributed by atoms with van der Waals surface area (Å²) in [5.74, 6) is 0.176. The summed E-state index contributed by atoms with van der Waals surface area (Å²) in [4.78, 5) is 10.8. The van der Waals surface area contributed by atoms with E-state index in [0.717, 1.165) is 11.9 Å². The molecule has 3 aromatic carbocycles. The van der Waals surface area contributed by atoms with Crippen molar-refractivity contribution < 1.29 is 26.7 Å². The molecule has 204 valence electrons. The summed E-state index contributed by atoms with van der Waals surface area (Å²) in [6.07, 6.45) is 1.79. The topological polar surface area (TPSA) is 180 Å². The van der Waals surface area contributed by atoms with E-state index < -0.39 is 25.8 Å². The van der Waals surface area contributed by atoms with Crippen LogP contribution in [-0.4, -0.2) is 58.2 Å². The second-order valence-electron chi connectivity index (χ2n) is 8.73. The highest BCUT2D eigenvalue weighted by Crippen LogP contribution is 2.28. The van der Waals surface area contributed by atoms with Crippen LogP contribution in [0.15, 0.2) is 77.7 Å². The third-order valence-corrected chi connectivity index (χ3v) is 7.37. The fourth-order valence-electron chi connectivity index (χ4n) is 3.41. The highest BCUT2D eigenvalue weighted by Gasteiger charge is 2.14. The second-order valence-corrected chi connectivity index (χ2v) is 13.0. The largest absolute Gasteiger partial charge is 0.465 e. The number of carboxylic acid groups (broad SMARTS) is 1. The molecule has 0 heterocycles. The molecule has 0 aliphatic carbocycles. The number of amidine groups is 1. The van der Waals surface area contributed by atoms with Crippen LogP contribution in [0.3, 0.4) is 0 Å². The van der Waals surface area contributed by atoms with Crippen molar-refractivity contribution in [1.29, 1.82) is 5.41 Å². The number of hydrogen-bond acceptors (Lipinski definition) is 7. The number of benzene rings is 3. The predicted octanol–water partition coefficient (Wildman–Crippen LogP) is 4.05. The van der Waals surface area contributed by atoms with Gasteiger partial charge in [-0.25, -0.2) is 21.6 Å². The molecule has 3 aromatic rings. The van der Waals surface area contributed by atoms with Gasteiger partial charge in [0.2, 0.25) is 0 Å². The number of nitrogen functional groups attached to an aromatic ring is 1. The minimum absolute atomic E-state index is 0.0161. The number of amides is 1. The molecule has 0 aliphatic rings. The maximum atomic E-state index is 11.7. The Morgan fingerprint density at radius 2 is 1.58 bits per heavy atom. The molecule has 0 spiro atoms. The second kappa shape index (κ2) is 13.1. The van der Waals surface area contributed by atoms with E-state index in [9.17, 15) is 21.6 Å². The van der Waals surface area contributed by atoms with Crippen molar-refractivity contribution in [3.8, 4) is 11.1 Å². The molecule has 0 unspecified atom stereocenters. The molecule has 1 atom stereocenters. The third kappa shape index (κ3) is 10.2. The average molecular weight is 561 g/mol. The van der Waals surface area contributed by atoms with Gasteiger partial charge in [0.15, 0.2) is 9.84 Å². The van der Waals surface area contributed by atoms with Gasteiger partial charge in [0, 0.05) is 41.1 Å². The number of anilines is 2. The van der Waals surface area contributed by atoms with Crippen LogP contribution in [0, 0.1) is 5.41 Å². The summed E-state index contributed by atoms with van der Waals surface area (Å²) in [5.41, 5.74) is 8.62. The van der Waals surface area contributed by atoms with Gasteiger partial charge in [-0.3, -0.25) is 10.7 Å². The van der Waals surface area contributed by atoms with Crippen molar-refractivity contribution in [2.24, 2.45) is 5.73 Å². The van der Waals surface area contributed by atoms with Gasteiger partial charge in [-0.2, -0.15) is 0 Å². The van der Waals surface area contributed by atoms with Crippen LogP contribution in [0.2, 0.25) is 0 Å². The third-order valence-electron chi connectivity index (χ3n) is 5.24. The smallest absolute Gasteiger partial charge is 0.409 e. The number of carbonyl (C=O) groups is 1. The van der Waals surface area contributed by atoms with Crippen molar-refractivity contribution in [2.75, 3.05) is 28.9 Å². The summed E-state index contributed by atoms with van der Waals surface area (Å²) in [5, 5.41) is 21.4. The van der Waals surface area contributed by atoms with Crippen LogP contribution >= 0.6 is 0 Å². The molecule has 0 fully saturated rings. The lowest BCUT2D eigenvalue weighted by molar-refractivity contribution is 0.209. The minimum Gasteiger partial charge on any atom is -0.465 e. The fraction of sp³-hybridized carbons (Fsp3) is 0.231. The first kappa shape index (κ1) is 30.3. The lowest BCUT2D eigenvalue weighted by Gasteiger charge is -2.15. The summed E-state index contributed by atoms with van der Waals surface area (Å²) in [6, 6.07) is 20.5. The molecule has 0 saturated carbocycles. The SMILES string of the molecule is CS(=O)(=O)c1ccccc1-c1ccc(NC(=O)O)cc1.C[C@@H](CCS(C)(=O)=O)Nc1cccc(C(=N)N)c1. The van der Waals surface area contributed by atoms with E-state index in [-0.39, 0.29) is 22.5 Å². The number of nitrogens with one attached hydrogen (secondary N) is 3. The van der Waals surface area contributed by atoms with E-state index in [1.165, 1.54) is 6.26 Å². The molecular weight excluding hydrogens is 528 g/mol. The standard InChI is InChI=1S/C14H13NO4S.C12H19N3O2S/c1-20(18,19)13-5-3-2-4-12(13)10-6-8-11(9-7-10)15-14(16)17;1-9(6-7-18(2,16)17)15-11-5-3-4-10(8-11)12(13)14/h2-9,15H,1H3,(H,16,17);3-5,8-9,15H,6-7H2,1-2H3,(H3,13,14)/t;9-/m.0/s1. The first-order chi connectivity index (χ1) is 17.7. The molecule has 0 aromatic heterocycles. The zero-order valence-electron chi connectivity index (χ0n) is 21.3. The maximum Gasteiger partial charge on any atom is 0.409 e. The Kier molecular flexibility index (Phi) is 10.4. The van der Waals surface area contributed by atoms with Gasteiger partial charge in [0.05, 0.1) is 10.6 Å². The lowest BCUT2D eigenvalue weighted by Crippen LogP contribution is -2.20. The van der Waals surface area contributed by atoms with E-state index in [1.54, 1.807) is 60.7 Å². The Bertz CT molecular complexity index is 1490. The molecule has 3 rings (SSSR count). The van der Waals surface area contributed by atoms with Gasteiger partial charge >= 0.3 is 6.09 Å². The number of rotatable bonds is 9. The Balaban J connectivity index is 0.000000269. The quantitative estimate of drug-likeness (QED) is 0.192. The molecule has 6 N–H and O–H groups in total. The van der Waals surface area contributed by atoms with Gasteiger partial charge in [0.1, 0.15) is 15.7 Å². The van der Waals surface area contributed by atoms with E-state index in [4.69, 9.17) is 16.2 Å². The molecule has 0 aliphatic heterocycles. The van der Waals surface area contributed by atoms with Gasteiger partial charge in [-0.15, -0.1) is 0 Å². The molecule has 12 heteroatoms. The lowest BCUT2D eigenvalue weighted by atomic mass is 10.1. The fourth-order valence-corrected chi connectivity index (χ4v) is 5.10. The zero-order chi connectivity index (χ0) is 28.5. The maximum absolute atomic E-state index is 11.7. The van der Waals surface area contributed by atoms with E-state index >= 15 is 0 Å². The van der Waals surface area contributed by atoms with Crippen molar-refractivity contribution in [3.63, 3.8) is 0 Å². The van der Waals surface area contributed by atoms with Crippen molar-refractivity contribution >= 4 is 43.0 Å². The summed E-state index contributed by atoms with van der Waals surface area (Å²) in [7, 11) is -6.25. The monoisotopic (exact) mass is 560 g/mol. The summed E-state index contributed by atoms with van der Waals surface area (Å²) < 4.78 is 45.6. The number of sulfone groups is 2. The molecule has 10 nitrogen and oxygen atoms in total. The van der Waals surface area contributed by atoms with Crippen LogP contribution < -0.4 is 16.4 Å². The first-order valence-electron chi connectivity index (χ1n) is 11.4. The summed E-state index contributed by atoms with van der Waals surface area (Å²) >= 11 is 0. The molecule has 0 saturated heterocycles. The van der Waals surface area contributed by atoms with Crippen LogP contribution in [0.1, 0.15) is 18.9 Å². The van der Waals surface area contributed by atoms with Crippen molar-refractivity contribution in [2.45, 2.75) is 24.3 Å². The normalized spacial score (nSPS) is 12.0. The summed E-state index contributed by atoms with van der Waals surface area (Å²) in [6.45, 7) is 1.92. The van der Waals surface area contributed by atoms with E-state index in [2.05, 4.69) is 10.6 Å². The minimum atomic E-state index is -3.32. The van der Waals surface area contributed by atoms with Gasteiger partial charge < -0.3 is 16.2 Å². The molecular formula is C26H32N4O6S2. The molecule has 1 amide bonds. The van der Waals surface area contributed by atoms with Gasteiger partial charge in [-0.1, -0.05) is 42.5 Å². The van der Waals surface area contributed by atoms with Gasteiger partial charge in [0.25, 0.3) is 0 Å². The Labute approximate surface area is 223 Å². The Morgan fingerprint density at radius 3 is 2.13 bits per heavy atom. The molecule has 0 radical (unpaired) electrons. The van der Waals surface area contributed by atoms with E-state index in [0.29, 0.717) is 28.8 Å². The first-order valence-corrected chi connectivity index (χ1v) is 15.4. The number of hydrogen-bond donors (Lipinski definition) is 5. The van der Waals surface area contributed by atoms with E-state index in [1.807, 2.05) is 19.1 Å². The predicted molar refractivity (Wildman–Crippen MR) is 152 cm³/mol. The van der Waals surface area contributed by atoms with Gasteiger partial charge in [-0.05, 0) is 49.2 Å². The highest BCUT2D eigenvalue weighted by molar-refractivity contribution is 7.91. The van der Waals surface area contributed by atoms with Crippen molar-refractivity contribution in [1.82, 2.24) is 0 Å². The van der Waals surface area contributed by atoms with Crippen LogP contribution in [-0.2, 0) is 19.7 Å². The van der Waals surface area contributed by atoms with Crippen LogP contribution in [0.25, 0.3) is 11.1 Å². The Morgan fingerprint density at radius 1 is 0.947 bits per heavy atom. The number of nitrogens with two attached hydrogens (primary N) is 1. The van der Waals surface area contributed by atoms with Crippen LogP contribution in [0.4, 0.5) is 16.2 Å². The molecule has 38 heavy (non-hydrogen) atoms. The zero-order valence-corrected chi connectivity index (χ0v) is 22.9. The van der Waals surface area contributed by atoms with Crippen LogP contribution in [0.5, 0.6) is 0 Å².